The fourth-order valence-corrected chi connectivity index (χ4v) is 3.44. The molecule has 0 radical (unpaired) electrons. The van der Waals surface area contributed by atoms with E-state index in [4.69, 9.17) is 26.3 Å². The maximum atomic E-state index is 13.7. The standard InChI is InChI=1S/C22H27ClF3NO8/c1-20(2,3)14-8-16-12(7-15(14)23)6-13(17(35-16)22(24,25)26)18(28)32-11-33-19(29)31-9-21(4,5)10-34-27-30/h6-8,17,27,30H,9-11H2,1-5H3. The van der Waals surface area contributed by atoms with Gasteiger partial charge >= 0.3 is 18.3 Å². The summed E-state index contributed by atoms with van der Waals surface area (Å²) >= 11 is 6.29. The molecule has 2 rings (SSSR count). The van der Waals surface area contributed by atoms with Crippen LogP contribution in [0.15, 0.2) is 17.7 Å². The smallest absolute Gasteiger partial charge is 0.475 e. The average Bonchev–Trinajstić information content (AvgIpc) is 2.73. The molecule has 0 amide bonds. The molecule has 1 unspecified atom stereocenters. The van der Waals surface area contributed by atoms with Gasteiger partial charge < -0.3 is 18.9 Å². The van der Waals surface area contributed by atoms with Crippen molar-refractivity contribution in [3.8, 4) is 5.75 Å². The summed E-state index contributed by atoms with van der Waals surface area (Å²) in [6.45, 7) is 7.62. The first-order valence-electron chi connectivity index (χ1n) is 10.3. The van der Waals surface area contributed by atoms with Crippen LogP contribution in [0.25, 0.3) is 6.08 Å². The van der Waals surface area contributed by atoms with Gasteiger partial charge in [-0.1, -0.05) is 51.9 Å². The summed E-state index contributed by atoms with van der Waals surface area (Å²) in [4.78, 5) is 28.7. The highest BCUT2D eigenvalue weighted by Crippen LogP contribution is 2.42. The molecule has 196 valence electrons. The summed E-state index contributed by atoms with van der Waals surface area (Å²) in [7, 11) is 0. The zero-order valence-corrected chi connectivity index (χ0v) is 20.5. The number of fused-ring (bicyclic) bond motifs is 1. The van der Waals surface area contributed by atoms with Crippen molar-refractivity contribution in [1.29, 1.82) is 0 Å². The van der Waals surface area contributed by atoms with Crippen molar-refractivity contribution in [3.63, 3.8) is 0 Å². The highest BCUT2D eigenvalue weighted by Gasteiger charge is 2.49. The number of halogens is 4. The molecule has 0 fully saturated rings. The molecule has 1 heterocycles. The SMILES string of the molecule is CC(C)(CONO)COC(=O)OCOC(=O)C1=Cc2cc(Cl)c(C(C)(C)C)cc2OC1C(F)(F)F. The van der Waals surface area contributed by atoms with Crippen LogP contribution in [0, 0.1) is 5.41 Å². The molecule has 0 bridgehead atoms. The lowest BCUT2D eigenvalue weighted by atomic mass is 9.85. The third kappa shape index (κ3) is 7.99. The molecule has 0 aliphatic carbocycles. The van der Waals surface area contributed by atoms with Gasteiger partial charge in [-0.05, 0) is 29.2 Å². The lowest BCUT2D eigenvalue weighted by Gasteiger charge is -2.30. The highest BCUT2D eigenvalue weighted by molar-refractivity contribution is 6.31. The second-order valence-electron chi connectivity index (χ2n) is 9.54. The van der Waals surface area contributed by atoms with E-state index >= 15 is 0 Å². The summed E-state index contributed by atoms with van der Waals surface area (Å²) in [5.74, 6) is -1.48. The van der Waals surface area contributed by atoms with Crippen molar-refractivity contribution in [2.24, 2.45) is 5.41 Å². The van der Waals surface area contributed by atoms with E-state index in [0.717, 1.165) is 6.08 Å². The van der Waals surface area contributed by atoms with Crippen molar-refractivity contribution < 1.29 is 51.8 Å². The third-order valence-corrected chi connectivity index (χ3v) is 5.07. The maximum absolute atomic E-state index is 13.7. The Kier molecular flexibility index (Phi) is 9.04. The molecule has 0 saturated carbocycles. The molecule has 1 aliphatic heterocycles. The van der Waals surface area contributed by atoms with Crippen molar-refractivity contribution in [2.75, 3.05) is 20.0 Å². The molecule has 1 atom stereocenters. The minimum Gasteiger partial charge on any atom is -0.475 e. The van der Waals surface area contributed by atoms with E-state index in [1.165, 1.54) is 17.8 Å². The highest BCUT2D eigenvalue weighted by atomic mass is 35.5. The summed E-state index contributed by atoms with van der Waals surface area (Å²) < 4.78 is 60.3. The zero-order valence-electron chi connectivity index (χ0n) is 19.7. The van der Waals surface area contributed by atoms with Crippen LogP contribution in [0.4, 0.5) is 18.0 Å². The Bertz CT molecular complexity index is 973. The topological polar surface area (TPSA) is 113 Å². The molecule has 13 heteroatoms. The van der Waals surface area contributed by atoms with E-state index in [0.29, 0.717) is 10.6 Å². The van der Waals surface area contributed by atoms with Crippen LogP contribution >= 0.6 is 11.6 Å². The minimum absolute atomic E-state index is 0.0263. The molecule has 0 aromatic heterocycles. The van der Waals surface area contributed by atoms with Crippen LogP contribution in [0.1, 0.15) is 45.7 Å². The Labute approximate surface area is 205 Å². The Morgan fingerprint density at radius 2 is 1.74 bits per heavy atom. The molecule has 1 aromatic carbocycles. The predicted molar refractivity (Wildman–Crippen MR) is 117 cm³/mol. The average molecular weight is 526 g/mol. The minimum atomic E-state index is -4.93. The van der Waals surface area contributed by atoms with Gasteiger partial charge in [-0.25, -0.2) is 9.59 Å². The van der Waals surface area contributed by atoms with Gasteiger partial charge in [0.2, 0.25) is 12.9 Å². The lowest BCUT2D eigenvalue weighted by molar-refractivity contribution is -0.189. The van der Waals surface area contributed by atoms with Crippen LogP contribution in [0.5, 0.6) is 5.75 Å². The fraction of sp³-hybridized carbons (Fsp3) is 0.545. The normalized spacial score (nSPS) is 16.1. The van der Waals surface area contributed by atoms with E-state index in [1.807, 2.05) is 20.8 Å². The van der Waals surface area contributed by atoms with E-state index in [2.05, 4.69) is 14.3 Å². The molecular weight excluding hydrogens is 499 g/mol. The number of carbonyl (C=O) groups is 2. The summed E-state index contributed by atoms with van der Waals surface area (Å²) in [5.41, 5.74) is 0.220. The second-order valence-corrected chi connectivity index (χ2v) is 9.94. The molecule has 1 aliphatic rings. The molecule has 9 nitrogen and oxygen atoms in total. The summed E-state index contributed by atoms with van der Waals surface area (Å²) in [6, 6.07) is 2.82. The van der Waals surface area contributed by atoms with E-state index < -0.39 is 47.6 Å². The van der Waals surface area contributed by atoms with Crippen LogP contribution in [-0.2, 0) is 29.3 Å². The number of alkyl halides is 3. The van der Waals surface area contributed by atoms with Crippen LogP contribution in [-0.4, -0.2) is 49.6 Å². The monoisotopic (exact) mass is 525 g/mol. The number of benzene rings is 1. The van der Waals surface area contributed by atoms with Gasteiger partial charge in [0.15, 0.2) is 0 Å². The van der Waals surface area contributed by atoms with Gasteiger partial charge in [0.05, 0.1) is 12.2 Å². The van der Waals surface area contributed by atoms with E-state index in [1.54, 1.807) is 13.8 Å². The number of nitrogens with one attached hydrogen (secondary N) is 1. The predicted octanol–water partition coefficient (Wildman–Crippen LogP) is 4.93. The van der Waals surface area contributed by atoms with Crippen molar-refractivity contribution in [1.82, 2.24) is 5.64 Å². The first-order chi connectivity index (χ1) is 16.0. The number of esters is 1. The molecule has 35 heavy (non-hydrogen) atoms. The molecule has 1 aromatic rings. The largest absolute Gasteiger partial charge is 0.511 e. The molecular formula is C22H27ClF3NO8. The van der Waals surface area contributed by atoms with Gasteiger partial charge in [0.1, 0.15) is 12.4 Å². The second kappa shape index (κ2) is 11.0. The van der Waals surface area contributed by atoms with Gasteiger partial charge in [0.25, 0.3) is 0 Å². The van der Waals surface area contributed by atoms with Crippen molar-refractivity contribution in [3.05, 3.63) is 33.9 Å². The van der Waals surface area contributed by atoms with Gasteiger partial charge in [-0.2, -0.15) is 13.2 Å². The number of hydrogen-bond acceptors (Lipinski definition) is 9. The lowest BCUT2D eigenvalue weighted by Crippen LogP contribution is -2.41. The molecule has 0 spiro atoms. The number of hydrogen-bond donors (Lipinski definition) is 2. The molecule has 2 N–H and O–H groups in total. The van der Waals surface area contributed by atoms with Crippen LogP contribution in [0.2, 0.25) is 5.02 Å². The Morgan fingerprint density at radius 1 is 1.09 bits per heavy atom. The van der Waals surface area contributed by atoms with Gasteiger partial charge in [-0.3, -0.25) is 10.0 Å². The quantitative estimate of drug-likeness (QED) is 0.277. The number of carbonyl (C=O) groups excluding carboxylic acids is 2. The summed E-state index contributed by atoms with van der Waals surface area (Å²) in [5, 5.41) is 8.71. The van der Waals surface area contributed by atoms with Crippen molar-refractivity contribution >= 4 is 29.8 Å². The summed E-state index contributed by atoms with van der Waals surface area (Å²) in [6.07, 6.45) is -7.77. The maximum Gasteiger partial charge on any atom is 0.511 e. The zero-order chi connectivity index (χ0) is 26.6. The van der Waals surface area contributed by atoms with Crippen molar-refractivity contribution in [2.45, 2.75) is 52.3 Å². The van der Waals surface area contributed by atoms with E-state index in [9.17, 15) is 22.8 Å². The Morgan fingerprint density at radius 3 is 2.31 bits per heavy atom. The van der Waals surface area contributed by atoms with Gasteiger partial charge in [0, 0.05) is 16.0 Å². The molecule has 0 saturated heterocycles. The first-order valence-corrected chi connectivity index (χ1v) is 10.7. The number of rotatable bonds is 8. The Hall–Kier alpha value is -2.54. The van der Waals surface area contributed by atoms with Gasteiger partial charge in [-0.15, -0.1) is 0 Å². The Balaban J connectivity index is 2.10. The first kappa shape index (κ1) is 28.7. The van der Waals surface area contributed by atoms with Crippen LogP contribution < -0.4 is 10.4 Å². The van der Waals surface area contributed by atoms with E-state index in [-0.39, 0.29) is 24.5 Å². The third-order valence-electron chi connectivity index (χ3n) is 4.75. The number of ether oxygens (including phenoxy) is 4. The fourth-order valence-electron chi connectivity index (χ4n) is 2.98. The van der Waals surface area contributed by atoms with Crippen LogP contribution in [0.3, 0.4) is 0 Å².